The molecule has 3 heteroatoms. The molecule has 0 radical (unpaired) electrons. The Morgan fingerprint density at radius 3 is 2.63 bits per heavy atom. The summed E-state index contributed by atoms with van der Waals surface area (Å²) < 4.78 is 17.3. The third-order valence-corrected chi connectivity index (χ3v) is 4.70. The van der Waals surface area contributed by atoms with Crippen molar-refractivity contribution in [3.63, 3.8) is 0 Å². The zero-order valence-corrected chi connectivity index (χ0v) is 12.2. The van der Waals surface area contributed by atoms with E-state index in [4.69, 9.17) is 14.2 Å². The molecular weight excluding hydrogens is 240 g/mol. The molecule has 0 N–H and O–H groups in total. The number of rotatable bonds is 2. The first-order valence-corrected chi connectivity index (χ1v) is 7.02. The van der Waals surface area contributed by atoms with Crippen molar-refractivity contribution in [3.8, 4) is 17.2 Å². The molecule has 3 rings (SSSR count). The van der Waals surface area contributed by atoms with Crippen molar-refractivity contribution in [1.82, 2.24) is 0 Å². The van der Waals surface area contributed by atoms with Gasteiger partial charge in [-0.1, -0.05) is 6.42 Å². The molecule has 1 aromatic rings. The molecule has 1 aliphatic carbocycles. The summed E-state index contributed by atoms with van der Waals surface area (Å²) in [4.78, 5) is 0. The Bertz CT molecular complexity index is 493. The van der Waals surface area contributed by atoms with Crippen LogP contribution in [0.1, 0.15) is 44.6 Å². The van der Waals surface area contributed by atoms with Crippen molar-refractivity contribution in [3.05, 3.63) is 17.7 Å². The van der Waals surface area contributed by atoms with E-state index in [1.165, 1.54) is 24.8 Å². The Labute approximate surface area is 114 Å². The minimum Gasteiger partial charge on any atom is -0.493 e. The first-order chi connectivity index (χ1) is 9.08. The van der Waals surface area contributed by atoms with E-state index in [0.717, 1.165) is 17.2 Å². The smallest absolute Gasteiger partial charge is 0.167 e. The predicted octanol–water partition coefficient (Wildman–Crippen LogP) is 3.76. The summed E-state index contributed by atoms with van der Waals surface area (Å²) in [7, 11) is 3.39. The summed E-state index contributed by atoms with van der Waals surface area (Å²) in [5.74, 6) is 3.72. The summed E-state index contributed by atoms with van der Waals surface area (Å²) in [6.07, 6.45) is 3.72. The van der Waals surface area contributed by atoms with Crippen molar-refractivity contribution < 1.29 is 14.2 Å². The van der Waals surface area contributed by atoms with E-state index in [1.807, 2.05) is 12.1 Å². The molecule has 1 aromatic carbocycles. The second kappa shape index (κ2) is 4.32. The Morgan fingerprint density at radius 1 is 1.16 bits per heavy atom. The zero-order valence-electron chi connectivity index (χ0n) is 12.2. The van der Waals surface area contributed by atoms with Crippen LogP contribution in [0.15, 0.2) is 12.1 Å². The lowest BCUT2D eigenvalue weighted by atomic mass is 9.76. The maximum atomic E-state index is 6.24. The van der Waals surface area contributed by atoms with E-state index in [0.29, 0.717) is 11.8 Å². The largest absolute Gasteiger partial charge is 0.493 e. The van der Waals surface area contributed by atoms with Gasteiger partial charge in [0.15, 0.2) is 11.5 Å². The van der Waals surface area contributed by atoms with Gasteiger partial charge >= 0.3 is 0 Å². The SMILES string of the molecule is COc1ccc2c(c1OC)[C@@H]1CCC[C@H]1C(C)(C)O2. The van der Waals surface area contributed by atoms with Crippen LogP contribution in [-0.2, 0) is 0 Å². The van der Waals surface area contributed by atoms with E-state index in [-0.39, 0.29) is 5.60 Å². The summed E-state index contributed by atoms with van der Waals surface area (Å²) in [6.45, 7) is 4.41. The molecule has 0 amide bonds. The first-order valence-electron chi connectivity index (χ1n) is 7.02. The number of hydrogen-bond donors (Lipinski definition) is 0. The Hall–Kier alpha value is -1.38. The molecule has 0 aromatic heterocycles. The van der Waals surface area contributed by atoms with Gasteiger partial charge in [-0.3, -0.25) is 0 Å². The topological polar surface area (TPSA) is 27.7 Å². The van der Waals surface area contributed by atoms with Gasteiger partial charge < -0.3 is 14.2 Å². The van der Waals surface area contributed by atoms with E-state index >= 15 is 0 Å². The monoisotopic (exact) mass is 262 g/mol. The zero-order chi connectivity index (χ0) is 13.6. The van der Waals surface area contributed by atoms with Gasteiger partial charge in [-0.25, -0.2) is 0 Å². The van der Waals surface area contributed by atoms with Crippen molar-refractivity contribution >= 4 is 0 Å². The van der Waals surface area contributed by atoms with Gasteiger partial charge in [-0.2, -0.15) is 0 Å². The quantitative estimate of drug-likeness (QED) is 0.812. The van der Waals surface area contributed by atoms with Crippen LogP contribution in [0.4, 0.5) is 0 Å². The van der Waals surface area contributed by atoms with Gasteiger partial charge in [0, 0.05) is 11.5 Å². The van der Waals surface area contributed by atoms with Crippen LogP contribution in [0.3, 0.4) is 0 Å². The number of benzene rings is 1. The fraction of sp³-hybridized carbons (Fsp3) is 0.625. The summed E-state index contributed by atoms with van der Waals surface area (Å²) >= 11 is 0. The third-order valence-electron chi connectivity index (χ3n) is 4.70. The second-order valence-corrected chi connectivity index (χ2v) is 6.06. The maximum Gasteiger partial charge on any atom is 0.167 e. The molecule has 1 heterocycles. The average molecular weight is 262 g/mol. The molecule has 2 atom stereocenters. The van der Waals surface area contributed by atoms with Gasteiger partial charge in [0.2, 0.25) is 0 Å². The molecule has 0 unspecified atom stereocenters. The van der Waals surface area contributed by atoms with Crippen LogP contribution in [0.2, 0.25) is 0 Å². The van der Waals surface area contributed by atoms with Gasteiger partial charge in [-0.05, 0) is 44.7 Å². The van der Waals surface area contributed by atoms with Gasteiger partial charge in [0.05, 0.1) is 14.2 Å². The van der Waals surface area contributed by atoms with E-state index in [2.05, 4.69) is 13.8 Å². The van der Waals surface area contributed by atoms with Crippen molar-refractivity contribution in [2.75, 3.05) is 14.2 Å². The fourth-order valence-electron chi connectivity index (χ4n) is 3.87. The van der Waals surface area contributed by atoms with Gasteiger partial charge in [0.1, 0.15) is 11.4 Å². The lowest BCUT2D eigenvalue weighted by Gasteiger charge is -2.42. The van der Waals surface area contributed by atoms with Gasteiger partial charge in [0.25, 0.3) is 0 Å². The predicted molar refractivity (Wildman–Crippen MR) is 74.3 cm³/mol. The van der Waals surface area contributed by atoms with Crippen LogP contribution in [-0.4, -0.2) is 19.8 Å². The average Bonchev–Trinajstić information content (AvgIpc) is 2.87. The van der Waals surface area contributed by atoms with E-state index in [9.17, 15) is 0 Å². The molecule has 1 fully saturated rings. The molecule has 0 saturated heterocycles. The number of methoxy groups -OCH3 is 2. The minimum atomic E-state index is -0.0895. The first kappa shape index (κ1) is 12.6. The molecule has 1 saturated carbocycles. The van der Waals surface area contributed by atoms with E-state index in [1.54, 1.807) is 14.2 Å². The van der Waals surface area contributed by atoms with Crippen molar-refractivity contribution in [1.29, 1.82) is 0 Å². The third kappa shape index (κ3) is 1.78. The highest BCUT2D eigenvalue weighted by Gasteiger charge is 2.47. The normalized spacial score (nSPS) is 27.2. The molecular formula is C16H22O3. The molecule has 0 spiro atoms. The van der Waals surface area contributed by atoms with Crippen LogP contribution < -0.4 is 14.2 Å². The molecule has 1 aliphatic heterocycles. The van der Waals surface area contributed by atoms with Crippen LogP contribution in [0.25, 0.3) is 0 Å². The molecule has 19 heavy (non-hydrogen) atoms. The maximum absolute atomic E-state index is 6.24. The Morgan fingerprint density at radius 2 is 1.95 bits per heavy atom. The lowest BCUT2D eigenvalue weighted by molar-refractivity contribution is 0.0190. The number of fused-ring (bicyclic) bond motifs is 3. The Balaban J connectivity index is 2.17. The lowest BCUT2D eigenvalue weighted by Crippen LogP contribution is -2.42. The van der Waals surface area contributed by atoms with Crippen molar-refractivity contribution in [2.45, 2.75) is 44.6 Å². The molecule has 104 valence electrons. The highest BCUT2D eigenvalue weighted by atomic mass is 16.5. The number of ether oxygens (including phenoxy) is 3. The number of hydrogen-bond acceptors (Lipinski definition) is 3. The molecule has 3 nitrogen and oxygen atoms in total. The van der Waals surface area contributed by atoms with Crippen LogP contribution in [0.5, 0.6) is 17.2 Å². The molecule has 2 aliphatic rings. The van der Waals surface area contributed by atoms with Crippen LogP contribution in [0, 0.1) is 5.92 Å². The second-order valence-electron chi connectivity index (χ2n) is 6.06. The Kier molecular flexibility index (Phi) is 2.88. The van der Waals surface area contributed by atoms with Gasteiger partial charge in [-0.15, -0.1) is 0 Å². The molecule has 0 bridgehead atoms. The summed E-state index contributed by atoms with van der Waals surface area (Å²) in [5, 5.41) is 0. The minimum absolute atomic E-state index is 0.0895. The standard InChI is InChI=1S/C16H22O3/c1-16(2)11-7-5-6-10(11)14-12(19-16)8-9-13(17-3)15(14)18-4/h8-11H,5-7H2,1-4H3/t10-,11-/m1/s1. The highest BCUT2D eigenvalue weighted by Crippen LogP contribution is 2.57. The van der Waals surface area contributed by atoms with Crippen molar-refractivity contribution in [2.24, 2.45) is 5.92 Å². The van der Waals surface area contributed by atoms with E-state index < -0.39 is 0 Å². The fourth-order valence-corrected chi connectivity index (χ4v) is 3.87. The van der Waals surface area contributed by atoms with Crippen LogP contribution >= 0.6 is 0 Å². The summed E-state index contributed by atoms with van der Waals surface area (Å²) in [6, 6.07) is 3.95. The highest BCUT2D eigenvalue weighted by molar-refractivity contribution is 5.57. The summed E-state index contributed by atoms with van der Waals surface area (Å²) in [5.41, 5.74) is 1.12.